The second kappa shape index (κ2) is 2.95. The van der Waals surface area contributed by atoms with Gasteiger partial charge in [-0.3, -0.25) is 14.9 Å². The molecule has 2 rings (SSSR count). The van der Waals surface area contributed by atoms with E-state index in [9.17, 15) is 14.9 Å². The Balaban J connectivity index is 2.85. The summed E-state index contributed by atoms with van der Waals surface area (Å²) in [5.74, 6) is 0. The number of aromatic nitrogens is 1. The summed E-state index contributed by atoms with van der Waals surface area (Å²) in [5.41, 5.74) is 0.679. The van der Waals surface area contributed by atoms with Crippen LogP contribution in [0.3, 0.4) is 0 Å². The number of hydrogen-bond donors (Lipinski definition) is 1. The van der Waals surface area contributed by atoms with Crippen LogP contribution in [0.15, 0.2) is 24.4 Å². The highest BCUT2D eigenvalue weighted by atomic mass is 16.6. The number of nitro groups is 1. The molecule has 0 bridgehead atoms. The summed E-state index contributed by atoms with van der Waals surface area (Å²) in [4.78, 5) is 23.6. The minimum absolute atomic E-state index is 0.119. The van der Waals surface area contributed by atoms with Gasteiger partial charge in [0.25, 0.3) is 5.69 Å². The molecule has 0 aliphatic carbocycles. The number of H-pyrrole nitrogens is 1. The number of rotatable bonds is 2. The van der Waals surface area contributed by atoms with Crippen LogP contribution in [0.25, 0.3) is 10.9 Å². The topological polar surface area (TPSA) is 76.0 Å². The third-order valence-electron chi connectivity index (χ3n) is 2.07. The van der Waals surface area contributed by atoms with Crippen molar-refractivity contribution in [2.24, 2.45) is 0 Å². The van der Waals surface area contributed by atoms with E-state index in [1.165, 1.54) is 6.07 Å². The zero-order valence-electron chi connectivity index (χ0n) is 7.06. The second-order valence-electron chi connectivity index (χ2n) is 2.81. The molecule has 1 heterocycles. The maximum Gasteiger partial charge on any atom is 0.280 e. The number of aromatic amines is 1. The van der Waals surface area contributed by atoms with Crippen molar-refractivity contribution in [1.82, 2.24) is 4.98 Å². The molecular formula is C9H6N2O3. The number of carbonyl (C=O) groups excluding carboxylic acids is 1. The van der Waals surface area contributed by atoms with Crippen LogP contribution in [0.5, 0.6) is 0 Å². The summed E-state index contributed by atoms with van der Waals surface area (Å²) in [7, 11) is 0. The Morgan fingerprint density at radius 3 is 2.79 bits per heavy atom. The van der Waals surface area contributed by atoms with E-state index in [0.717, 1.165) is 5.52 Å². The van der Waals surface area contributed by atoms with E-state index in [1.54, 1.807) is 18.3 Å². The molecule has 2 aromatic rings. The van der Waals surface area contributed by atoms with Gasteiger partial charge >= 0.3 is 0 Å². The van der Waals surface area contributed by atoms with Crippen LogP contribution in [0.2, 0.25) is 0 Å². The first-order valence-electron chi connectivity index (χ1n) is 3.93. The number of nitro benzene ring substituents is 1. The Labute approximate surface area is 78.5 Å². The fraction of sp³-hybridized carbons (Fsp3) is 0. The minimum atomic E-state index is -0.559. The molecule has 0 amide bonds. The SMILES string of the molecule is O=Cc1c([N+](=O)[O-])ccc2[nH]ccc12. The van der Waals surface area contributed by atoms with Crippen molar-refractivity contribution in [3.63, 3.8) is 0 Å². The average molecular weight is 190 g/mol. The number of benzene rings is 1. The maximum atomic E-state index is 10.7. The Hall–Kier alpha value is -2.17. The molecular weight excluding hydrogens is 184 g/mol. The molecule has 0 aliphatic heterocycles. The number of hydrogen-bond acceptors (Lipinski definition) is 3. The van der Waals surface area contributed by atoms with Crippen LogP contribution in [0.4, 0.5) is 5.69 Å². The molecule has 5 nitrogen and oxygen atoms in total. The highest BCUT2D eigenvalue weighted by Gasteiger charge is 2.16. The van der Waals surface area contributed by atoms with Crippen molar-refractivity contribution in [2.45, 2.75) is 0 Å². The molecule has 0 fully saturated rings. The average Bonchev–Trinajstić information content (AvgIpc) is 2.63. The molecule has 0 radical (unpaired) electrons. The molecule has 0 spiro atoms. The minimum Gasteiger partial charge on any atom is -0.361 e. The van der Waals surface area contributed by atoms with Gasteiger partial charge in [-0.25, -0.2) is 0 Å². The van der Waals surface area contributed by atoms with Crippen LogP contribution in [-0.2, 0) is 0 Å². The molecule has 0 unspecified atom stereocenters. The third-order valence-corrected chi connectivity index (χ3v) is 2.07. The van der Waals surface area contributed by atoms with Gasteiger partial charge in [-0.2, -0.15) is 0 Å². The molecule has 70 valence electrons. The summed E-state index contributed by atoms with van der Waals surface area (Å²) in [6, 6.07) is 4.55. The van der Waals surface area contributed by atoms with E-state index in [4.69, 9.17) is 0 Å². The maximum absolute atomic E-state index is 10.7. The van der Waals surface area contributed by atoms with Gasteiger partial charge in [-0.1, -0.05) is 0 Å². The lowest BCUT2D eigenvalue weighted by molar-refractivity contribution is -0.384. The van der Waals surface area contributed by atoms with Crippen LogP contribution >= 0.6 is 0 Å². The van der Waals surface area contributed by atoms with Crippen molar-refractivity contribution in [3.8, 4) is 0 Å². The van der Waals surface area contributed by atoms with Gasteiger partial charge in [-0.15, -0.1) is 0 Å². The van der Waals surface area contributed by atoms with Gasteiger partial charge in [0.1, 0.15) is 5.56 Å². The number of carbonyl (C=O) groups is 1. The van der Waals surface area contributed by atoms with Crippen LogP contribution in [0, 0.1) is 10.1 Å². The largest absolute Gasteiger partial charge is 0.361 e. The van der Waals surface area contributed by atoms with E-state index in [2.05, 4.69) is 4.98 Å². The Morgan fingerprint density at radius 1 is 1.36 bits per heavy atom. The molecule has 0 saturated heterocycles. The monoisotopic (exact) mass is 190 g/mol. The first-order valence-corrected chi connectivity index (χ1v) is 3.93. The van der Waals surface area contributed by atoms with Gasteiger partial charge < -0.3 is 4.98 Å². The van der Waals surface area contributed by atoms with Crippen molar-refractivity contribution in [1.29, 1.82) is 0 Å². The lowest BCUT2D eigenvalue weighted by atomic mass is 10.1. The van der Waals surface area contributed by atoms with Gasteiger partial charge in [0.05, 0.1) is 4.92 Å². The standard InChI is InChI=1S/C9H6N2O3/c12-5-7-6-3-4-10-8(6)1-2-9(7)11(13)14/h1-5,10H. The first-order chi connectivity index (χ1) is 6.74. The number of fused-ring (bicyclic) bond motifs is 1. The van der Waals surface area contributed by atoms with Crippen LogP contribution in [-0.4, -0.2) is 16.2 Å². The smallest absolute Gasteiger partial charge is 0.280 e. The number of aldehydes is 1. The lowest BCUT2D eigenvalue weighted by Gasteiger charge is -1.96. The van der Waals surface area contributed by atoms with E-state index in [1.807, 2.05) is 0 Å². The predicted octanol–water partition coefficient (Wildman–Crippen LogP) is 1.89. The van der Waals surface area contributed by atoms with E-state index in [0.29, 0.717) is 11.7 Å². The van der Waals surface area contributed by atoms with Gasteiger partial charge in [0.2, 0.25) is 0 Å². The highest BCUT2D eigenvalue weighted by Crippen LogP contribution is 2.25. The summed E-state index contributed by atoms with van der Waals surface area (Å²) in [5, 5.41) is 11.2. The Bertz CT molecular complexity index is 516. The van der Waals surface area contributed by atoms with Crippen molar-refractivity contribution in [2.75, 3.05) is 0 Å². The molecule has 5 heteroatoms. The number of nitrogens with zero attached hydrogens (tertiary/aromatic N) is 1. The molecule has 0 atom stereocenters. The van der Waals surface area contributed by atoms with Crippen molar-refractivity contribution in [3.05, 3.63) is 40.1 Å². The molecule has 0 aliphatic rings. The highest BCUT2D eigenvalue weighted by molar-refractivity contribution is 6.00. The van der Waals surface area contributed by atoms with E-state index < -0.39 is 4.92 Å². The van der Waals surface area contributed by atoms with Crippen molar-refractivity contribution >= 4 is 22.9 Å². The zero-order chi connectivity index (χ0) is 10.1. The Kier molecular flexibility index (Phi) is 1.78. The lowest BCUT2D eigenvalue weighted by Crippen LogP contribution is -1.94. The number of nitrogens with one attached hydrogen (secondary N) is 1. The summed E-state index contributed by atoms with van der Waals surface area (Å²) < 4.78 is 0. The second-order valence-corrected chi connectivity index (χ2v) is 2.81. The normalized spacial score (nSPS) is 10.3. The van der Waals surface area contributed by atoms with E-state index in [-0.39, 0.29) is 11.3 Å². The summed E-state index contributed by atoms with van der Waals surface area (Å²) >= 11 is 0. The fourth-order valence-corrected chi connectivity index (χ4v) is 1.43. The quantitative estimate of drug-likeness (QED) is 0.446. The van der Waals surface area contributed by atoms with Gasteiger partial charge in [0, 0.05) is 23.2 Å². The molecule has 0 saturated carbocycles. The van der Waals surface area contributed by atoms with Crippen LogP contribution < -0.4 is 0 Å². The van der Waals surface area contributed by atoms with E-state index >= 15 is 0 Å². The molecule has 1 N–H and O–H groups in total. The fourth-order valence-electron chi connectivity index (χ4n) is 1.43. The summed E-state index contributed by atoms with van der Waals surface area (Å²) in [6.45, 7) is 0. The van der Waals surface area contributed by atoms with Crippen molar-refractivity contribution < 1.29 is 9.72 Å². The van der Waals surface area contributed by atoms with Gasteiger partial charge in [0.15, 0.2) is 6.29 Å². The predicted molar refractivity (Wildman–Crippen MR) is 50.3 cm³/mol. The molecule has 1 aromatic heterocycles. The summed E-state index contributed by atoms with van der Waals surface area (Å²) in [6.07, 6.45) is 2.15. The van der Waals surface area contributed by atoms with Gasteiger partial charge in [-0.05, 0) is 12.1 Å². The Morgan fingerprint density at radius 2 is 2.14 bits per heavy atom. The first kappa shape index (κ1) is 8.43. The van der Waals surface area contributed by atoms with Crippen LogP contribution in [0.1, 0.15) is 10.4 Å². The molecule has 14 heavy (non-hydrogen) atoms. The zero-order valence-corrected chi connectivity index (χ0v) is 7.06. The molecule has 1 aromatic carbocycles. The third kappa shape index (κ3) is 1.06.